The van der Waals surface area contributed by atoms with Gasteiger partial charge in [-0.15, -0.1) is 0 Å². The van der Waals surface area contributed by atoms with Gasteiger partial charge in [0.05, 0.1) is 18.3 Å². The Kier molecular flexibility index (Phi) is 38.6. The number of aliphatic carboxylic acids is 1. The normalized spacial score (nSPS) is 18.4. The van der Waals surface area contributed by atoms with Crippen molar-refractivity contribution in [1.29, 1.82) is 0 Å². The number of primary amides is 1. The first-order valence-corrected chi connectivity index (χ1v) is 36.7. The number of benzene rings is 2. The maximum atomic E-state index is 13.6. The minimum Gasteiger partial charge on any atom is -0.372 e. The van der Waals surface area contributed by atoms with E-state index in [9.17, 15) is 57.8 Å². The number of rotatable bonds is 28. The van der Waals surface area contributed by atoms with Crippen molar-refractivity contribution in [3.05, 3.63) is 59.2 Å². The standard InChI is InChI=1S/C34H53N8O11S.C24H33N3O6.C2H6.CH3NO.CH3.Ga/c1-6-35-28(44)17-37-33(51)26(12-13-29(45)46)39-27(43)14-15-36-34(54)38-24-10-8-23(9-11-24)16-25(18-41(4)19-30(47)48)42(5)21-32(50)53-22-52-31(49)20-40(3)7-2;1-4-14(3)11-20(29)25-18-10-9-15-7-6-8-16-12-19(27(21(15)16)23(18)31)22(30)26-17(5-2)24(32)33-13-28;1-2;2-1-3;;/h8-11,22,25-26H,6-7,12-21H2,1-5H3,(H,35,44)(H,37,51)(H,39,43)(H,45,46)(H,47,48)(H2,36,38,54);6-8,13-14,17-19,24,32H,4-5,9-12H2,1-3H3,(H,25,29)(H,26,30);1-2H3;1H,(H2,2,3);1H3;/q;;;;;+1/p-1. The first-order chi connectivity index (χ1) is 44.7. The summed E-state index contributed by atoms with van der Waals surface area (Å²) < 4.78 is 21.3. The van der Waals surface area contributed by atoms with E-state index in [0.717, 1.165) is 28.8 Å². The van der Waals surface area contributed by atoms with E-state index in [-0.39, 0.29) is 93.8 Å². The van der Waals surface area contributed by atoms with Crippen LogP contribution >= 0.6 is 12.2 Å². The van der Waals surface area contributed by atoms with Gasteiger partial charge in [0.15, 0.2) is 5.11 Å². The summed E-state index contributed by atoms with van der Waals surface area (Å²) in [5.41, 5.74) is 10.0. The number of carbonyl (C=O) groups excluding carboxylic acids is 11. The molecule has 2 aromatic rings. The van der Waals surface area contributed by atoms with Crippen LogP contribution in [0.1, 0.15) is 110 Å². The van der Waals surface area contributed by atoms with Crippen LogP contribution in [0.15, 0.2) is 42.5 Å². The van der Waals surface area contributed by atoms with E-state index in [2.05, 4.69) is 47.7 Å². The molecular weight excluding hydrogens is 1300 g/mol. The molecule has 32 heteroatoms. The van der Waals surface area contributed by atoms with Gasteiger partial charge in [-0.2, -0.15) is 0 Å². The van der Waals surface area contributed by atoms with E-state index >= 15 is 0 Å². The Balaban J connectivity index is 0.000000667. The molecule has 8 unspecified atom stereocenters. The van der Waals surface area contributed by atoms with Gasteiger partial charge >= 0.3 is 207 Å². The minimum absolute atomic E-state index is 0.000851. The molecule has 3 aliphatic rings. The topological polar surface area (TPSA) is 405 Å². The largest absolute Gasteiger partial charge is 0.372 e. The monoisotopic (exact) mass is 1400 g/mol. The number of carboxylic acids is 1. The molecule has 522 valence electrons. The fourth-order valence-corrected chi connectivity index (χ4v) is 12.7. The molecule has 1 saturated heterocycles. The molecule has 1 fully saturated rings. The quantitative estimate of drug-likeness (QED) is 0.0178. The number of nitrogens with zero attached hydrogens (tertiary/aromatic N) is 4. The number of thiocarbonyl (C=S) groups is 1. The number of para-hydroxylation sites is 1. The SMILES string of the molecule is CC.CCC(C)CC(=O)NC1CCc2cccc3c2N(C1=O)C(C(=O)NC(CC)C(O)OC=O)C3.CCNC(=O)CNC(=O)C(CCC(=O)O)NC(=O)CCNC(=S)Nc1ccc(CC2CN(C)CC(=O)[O][Ga]([CH3])[CH](OC(=O)CN(C)CC)OC(=O)CN2C)cc1.NC=O. The van der Waals surface area contributed by atoms with E-state index in [0.29, 0.717) is 63.8 Å². The van der Waals surface area contributed by atoms with E-state index in [1.165, 1.54) is 4.90 Å². The molecule has 8 atom stereocenters. The van der Waals surface area contributed by atoms with Crippen LogP contribution in [0.4, 0.5) is 11.4 Å². The van der Waals surface area contributed by atoms with Gasteiger partial charge in [-0.25, -0.2) is 0 Å². The summed E-state index contributed by atoms with van der Waals surface area (Å²) in [5.74, 6) is -5.12. The number of carbonyl (C=O) groups is 12. The van der Waals surface area contributed by atoms with Crippen molar-refractivity contribution in [2.24, 2.45) is 11.7 Å². The third-order valence-electron chi connectivity index (χ3n) is 15.1. The molecule has 94 heavy (non-hydrogen) atoms. The number of aryl methyl sites for hydroxylation is 1. The molecular formula is C62H97GaN12O18S. The number of anilines is 2. The Hall–Kier alpha value is -7.75. The van der Waals surface area contributed by atoms with Crippen molar-refractivity contribution in [1.82, 2.24) is 46.6 Å². The second-order valence-corrected chi connectivity index (χ2v) is 27.4. The summed E-state index contributed by atoms with van der Waals surface area (Å²) in [6, 6.07) is 9.46. The Bertz CT molecular complexity index is 2840. The maximum Gasteiger partial charge on any atom is 0.204 e. The predicted octanol–water partition coefficient (Wildman–Crippen LogP) is 0.147. The summed E-state index contributed by atoms with van der Waals surface area (Å²) in [4.78, 5) is 150. The van der Waals surface area contributed by atoms with Gasteiger partial charge in [0, 0.05) is 38.8 Å². The fourth-order valence-electron chi connectivity index (χ4n) is 9.83. The molecule has 30 nitrogen and oxygen atoms in total. The molecule has 0 radical (unpaired) electrons. The van der Waals surface area contributed by atoms with E-state index < -0.39 is 99.4 Å². The molecule has 11 N–H and O–H groups in total. The van der Waals surface area contributed by atoms with Crippen molar-refractivity contribution in [2.45, 2.75) is 159 Å². The summed E-state index contributed by atoms with van der Waals surface area (Å²) >= 11 is 2.20. The van der Waals surface area contributed by atoms with Crippen LogP contribution < -0.4 is 47.9 Å². The summed E-state index contributed by atoms with van der Waals surface area (Å²) in [7, 11) is 5.33. The Morgan fingerprint density at radius 3 is 2.18 bits per heavy atom. The molecule has 3 heterocycles. The zero-order valence-corrected chi connectivity index (χ0v) is 59.1. The average molecular weight is 1400 g/mol. The number of hydrogen-bond donors (Lipinski definition) is 10. The molecule has 0 spiro atoms. The molecule has 5 rings (SSSR count). The number of carboxylic acid groups (broad SMARTS) is 1. The van der Waals surface area contributed by atoms with Crippen LogP contribution in [0.2, 0.25) is 5.48 Å². The van der Waals surface area contributed by atoms with E-state index in [1.54, 1.807) is 45.4 Å². The van der Waals surface area contributed by atoms with Crippen molar-refractivity contribution in [3.63, 3.8) is 0 Å². The molecule has 7 amide bonds. The van der Waals surface area contributed by atoms with E-state index in [1.807, 2.05) is 86.9 Å². The van der Waals surface area contributed by atoms with Gasteiger partial charge in [-0.3, -0.25) is 48.1 Å². The number of cyclic esters (lactones) is 1. The third-order valence-corrected chi connectivity index (χ3v) is 18.8. The van der Waals surface area contributed by atoms with Gasteiger partial charge in [0.2, 0.25) is 48.1 Å². The molecule has 3 aliphatic heterocycles. The van der Waals surface area contributed by atoms with Gasteiger partial charge < -0.3 is 52.6 Å². The average Bonchev–Trinajstić information content (AvgIpc) is 1.60. The predicted molar refractivity (Wildman–Crippen MR) is 353 cm³/mol. The van der Waals surface area contributed by atoms with E-state index in [4.69, 9.17) is 35.1 Å². The number of nitrogens with two attached hydrogens (primary N) is 1. The molecule has 2 aromatic carbocycles. The Labute approximate surface area is 560 Å². The number of hydrogen-bond acceptors (Lipinski definition) is 21. The smallest absolute Gasteiger partial charge is 0.204 e. The molecule has 0 saturated carbocycles. The number of ether oxygens (including phenoxy) is 3. The van der Waals surface area contributed by atoms with Crippen LogP contribution in [0.25, 0.3) is 0 Å². The van der Waals surface area contributed by atoms with Gasteiger partial charge in [0.1, 0.15) is 18.1 Å². The summed E-state index contributed by atoms with van der Waals surface area (Å²) in [6.45, 7) is 14.6. The number of aliphatic hydroxyl groups is 1. The summed E-state index contributed by atoms with van der Waals surface area (Å²) in [5, 5.41) is 38.3. The van der Waals surface area contributed by atoms with Crippen LogP contribution in [0.3, 0.4) is 0 Å². The van der Waals surface area contributed by atoms with Crippen molar-refractivity contribution < 1.29 is 85.5 Å². The van der Waals surface area contributed by atoms with Crippen LogP contribution in [0.5, 0.6) is 0 Å². The van der Waals surface area contributed by atoms with Crippen LogP contribution in [0, 0.1) is 5.92 Å². The molecule has 0 bridgehead atoms. The zero-order valence-electron chi connectivity index (χ0n) is 55.8. The number of likely N-dealkylation sites (N-methyl/N-ethyl adjacent to an activating group) is 4. The molecule has 0 aromatic heterocycles. The fraction of sp³-hybridized carbons (Fsp3) is 0.597. The van der Waals surface area contributed by atoms with Crippen LogP contribution in [-0.4, -0.2) is 234 Å². The first kappa shape index (κ1) is 82.3. The van der Waals surface area contributed by atoms with Gasteiger partial charge in [-0.05, 0) is 61.9 Å². The second kappa shape index (κ2) is 44.0. The van der Waals surface area contributed by atoms with Crippen LogP contribution in [-0.2, 0) is 94.5 Å². The third kappa shape index (κ3) is 29.3. The Morgan fingerprint density at radius 1 is 0.894 bits per heavy atom. The Morgan fingerprint density at radius 2 is 1.56 bits per heavy atom. The number of esters is 2. The van der Waals surface area contributed by atoms with Crippen molar-refractivity contribution in [2.75, 3.05) is 83.7 Å². The van der Waals surface area contributed by atoms with Gasteiger partial charge in [-0.1, -0.05) is 59.2 Å². The number of amides is 7. The maximum absolute atomic E-state index is 13.6. The number of nitrogens with one attached hydrogen (secondary N) is 7. The van der Waals surface area contributed by atoms with Gasteiger partial charge in [0.25, 0.3) is 6.47 Å². The first-order valence-electron chi connectivity index (χ1n) is 31.5. The van der Waals surface area contributed by atoms with Crippen molar-refractivity contribution in [3.8, 4) is 0 Å². The second-order valence-electron chi connectivity index (χ2n) is 22.4. The van der Waals surface area contributed by atoms with Crippen molar-refractivity contribution >= 4 is 117 Å². The minimum atomic E-state index is -3.18. The summed E-state index contributed by atoms with van der Waals surface area (Å²) in [6.07, 6.45) is 1.62. The number of aliphatic hydroxyl groups excluding tert-OH is 1. The zero-order chi connectivity index (χ0) is 70.6. The molecule has 0 aliphatic carbocycles.